The van der Waals surface area contributed by atoms with Crippen LogP contribution < -0.4 is 15.4 Å². The molecule has 180 valence electrons. The van der Waals surface area contributed by atoms with Crippen molar-refractivity contribution in [2.24, 2.45) is 0 Å². The van der Waals surface area contributed by atoms with Crippen molar-refractivity contribution in [2.45, 2.75) is 6.42 Å². The molecule has 11 heteroatoms. The van der Waals surface area contributed by atoms with Crippen molar-refractivity contribution in [1.82, 2.24) is 25.6 Å². The molecule has 3 aromatic carbocycles. The van der Waals surface area contributed by atoms with Gasteiger partial charge in [0.2, 0.25) is 11.7 Å². The first kappa shape index (κ1) is 23.2. The molecular weight excluding hydrogens is 526 g/mol. The molecule has 2 aromatic heterocycles. The summed E-state index contributed by atoms with van der Waals surface area (Å²) < 4.78 is 6.14. The molecule has 0 spiro atoms. The van der Waals surface area contributed by atoms with Crippen molar-refractivity contribution in [3.05, 3.63) is 82.5 Å². The minimum atomic E-state index is -0.357. The smallest absolute Gasteiger partial charge is 0.272 e. The number of nitrogens with zero attached hydrogens (tertiary/aromatic N) is 3. The molecule has 0 bridgehead atoms. The number of rotatable bonds is 7. The monoisotopic (exact) mass is 545 g/mol. The van der Waals surface area contributed by atoms with Gasteiger partial charge in [0, 0.05) is 21.0 Å². The molecule has 4 N–H and O–H groups in total. The van der Waals surface area contributed by atoms with E-state index < -0.39 is 0 Å². The lowest BCUT2D eigenvalue weighted by atomic mass is 10.1. The van der Waals surface area contributed by atoms with Crippen molar-refractivity contribution < 1.29 is 14.3 Å². The highest BCUT2D eigenvalue weighted by Gasteiger charge is 2.17. The Hall–Kier alpha value is -4.51. The summed E-state index contributed by atoms with van der Waals surface area (Å²) in [7, 11) is 1.57. The number of hydrogen-bond donors (Lipinski definition) is 4. The molecule has 2 heterocycles. The summed E-state index contributed by atoms with van der Waals surface area (Å²) in [5.41, 5.74) is 3.45. The van der Waals surface area contributed by atoms with Gasteiger partial charge < -0.3 is 20.4 Å². The maximum Gasteiger partial charge on any atom is 0.272 e. The first-order valence-electron chi connectivity index (χ1n) is 10.9. The predicted octanol–water partition coefficient (Wildman–Crippen LogP) is 4.55. The third kappa shape index (κ3) is 4.82. The number of aromatic nitrogens is 5. The number of aromatic amines is 2. The number of para-hydroxylation sites is 2. The third-order valence-electron chi connectivity index (χ3n) is 5.53. The lowest BCUT2D eigenvalue weighted by Crippen LogP contribution is -2.15. The van der Waals surface area contributed by atoms with Gasteiger partial charge in [-0.15, -0.1) is 10.2 Å². The molecule has 0 fully saturated rings. The second-order valence-corrected chi connectivity index (χ2v) is 8.78. The summed E-state index contributed by atoms with van der Waals surface area (Å²) in [6, 6.07) is 19.9. The van der Waals surface area contributed by atoms with Crippen LogP contribution in [0.1, 0.15) is 16.1 Å². The van der Waals surface area contributed by atoms with Gasteiger partial charge in [-0.05, 0) is 41.6 Å². The number of halogens is 1. The van der Waals surface area contributed by atoms with E-state index in [2.05, 4.69) is 52.2 Å². The average molecular weight is 546 g/mol. The lowest BCUT2D eigenvalue weighted by molar-refractivity contribution is -0.115. The molecule has 2 amide bonds. The Morgan fingerprint density at radius 2 is 1.86 bits per heavy atom. The number of fused-ring (bicyclic) bond motifs is 1. The number of H-pyrrole nitrogens is 2. The van der Waals surface area contributed by atoms with Gasteiger partial charge in [-0.25, -0.2) is 0 Å². The number of carbonyl (C=O) groups excluding carboxylic acids is 2. The average Bonchev–Trinajstić information content (AvgIpc) is 3.56. The molecule has 36 heavy (non-hydrogen) atoms. The zero-order valence-corrected chi connectivity index (χ0v) is 20.6. The van der Waals surface area contributed by atoms with Crippen LogP contribution in [0.5, 0.6) is 5.75 Å². The van der Waals surface area contributed by atoms with Crippen molar-refractivity contribution in [1.29, 1.82) is 0 Å². The van der Waals surface area contributed by atoms with E-state index in [-0.39, 0.29) is 18.2 Å². The Morgan fingerprint density at radius 1 is 1.00 bits per heavy atom. The van der Waals surface area contributed by atoms with E-state index in [4.69, 9.17) is 4.74 Å². The maximum atomic E-state index is 13.1. The van der Waals surface area contributed by atoms with E-state index in [1.54, 1.807) is 37.4 Å². The van der Waals surface area contributed by atoms with Gasteiger partial charge in [0.1, 0.15) is 11.4 Å². The van der Waals surface area contributed by atoms with Crippen LogP contribution in [0.25, 0.3) is 22.3 Å². The quantitative estimate of drug-likeness (QED) is 0.236. The SMILES string of the molecule is COc1ccccc1CC(=O)Nc1cccc2cc(C(=O)Nc3ccc(Br)cc3-c3nn[nH]n3)[nH]c12. The van der Waals surface area contributed by atoms with Crippen LogP contribution in [-0.4, -0.2) is 44.5 Å². The molecule has 5 aromatic rings. The number of anilines is 2. The third-order valence-corrected chi connectivity index (χ3v) is 6.03. The highest BCUT2D eigenvalue weighted by molar-refractivity contribution is 9.10. The van der Waals surface area contributed by atoms with Gasteiger partial charge in [0.25, 0.3) is 5.91 Å². The van der Waals surface area contributed by atoms with Gasteiger partial charge in [-0.3, -0.25) is 9.59 Å². The van der Waals surface area contributed by atoms with E-state index in [9.17, 15) is 9.59 Å². The number of methoxy groups -OCH3 is 1. The normalized spacial score (nSPS) is 10.8. The Bertz CT molecular complexity index is 1560. The van der Waals surface area contributed by atoms with Gasteiger partial charge in [-0.2, -0.15) is 5.21 Å². The van der Waals surface area contributed by atoms with Crippen LogP contribution in [0.3, 0.4) is 0 Å². The maximum absolute atomic E-state index is 13.1. The van der Waals surface area contributed by atoms with Crippen molar-refractivity contribution in [3.8, 4) is 17.1 Å². The van der Waals surface area contributed by atoms with Crippen molar-refractivity contribution in [3.63, 3.8) is 0 Å². The topological polar surface area (TPSA) is 138 Å². The molecule has 0 aliphatic carbocycles. The van der Waals surface area contributed by atoms with Crippen LogP contribution >= 0.6 is 15.9 Å². The Kier molecular flexibility index (Phi) is 6.46. The summed E-state index contributed by atoms with van der Waals surface area (Å²) >= 11 is 3.43. The summed E-state index contributed by atoms with van der Waals surface area (Å²) in [4.78, 5) is 29.0. The van der Waals surface area contributed by atoms with E-state index >= 15 is 0 Å². The summed E-state index contributed by atoms with van der Waals surface area (Å²) in [5.74, 6) is 0.442. The fraction of sp³-hybridized carbons (Fsp3) is 0.0800. The second-order valence-electron chi connectivity index (χ2n) is 7.87. The lowest BCUT2D eigenvalue weighted by Gasteiger charge is -2.10. The van der Waals surface area contributed by atoms with E-state index in [1.807, 2.05) is 36.4 Å². The van der Waals surface area contributed by atoms with Crippen molar-refractivity contribution in [2.75, 3.05) is 17.7 Å². The first-order valence-corrected chi connectivity index (χ1v) is 11.7. The minimum absolute atomic E-state index is 0.150. The fourth-order valence-electron chi connectivity index (χ4n) is 3.88. The molecular formula is C25H20BrN7O3. The standard InChI is InChI=1S/C25H20BrN7O3/c1-36-21-8-3-2-5-14(21)12-22(34)27-19-7-4-6-15-11-20(28-23(15)19)25(35)29-18-10-9-16(26)13-17(18)24-30-32-33-31-24/h2-11,13,28H,12H2,1H3,(H,27,34)(H,29,35)(H,30,31,32,33). The second kappa shape index (κ2) is 10.0. The first-order chi connectivity index (χ1) is 17.5. The number of benzene rings is 3. The van der Waals surface area contributed by atoms with Crippen LogP contribution in [0.2, 0.25) is 0 Å². The predicted molar refractivity (Wildman–Crippen MR) is 139 cm³/mol. The zero-order chi connectivity index (χ0) is 25.1. The molecule has 0 saturated carbocycles. The molecule has 0 aliphatic heterocycles. The molecule has 0 atom stereocenters. The highest BCUT2D eigenvalue weighted by Crippen LogP contribution is 2.30. The zero-order valence-electron chi connectivity index (χ0n) is 19.0. The Morgan fingerprint density at radius 3 is 2.67 bits per heavy atom. The van der Waals surface area contributed by atoms with Crippen LogP contribution in [0.15, 0.2) is 71.2 Å². The number of hydrogen-bond acceptors (Lipinski definition) is 6. The van der Waals surface area contributed by atoms with Gasteiger partial charge >= 0.3 is 0 Å². The fourth-order valence-corrected chi connectivity index (χ4v) is 4.24. The molecule has 5 rings (SSSR count). The number of tetrazole rings is 1. The van der Waals surface area contributed by atoms with E-state index in [0.717, 1.165) is 15.4 Å². The van der Waals surface area contributed by atoms with E-state index in [0.29, 0.717) is 39.7 Å². The summed E-state index contributed by atoms with van der Waals surface area (Å²) in [6.45, 7) is 0. The molecule has 0 unspecified atom stereocenters. The molecule has 10 nitrogen and oxygen atoms in total. The molecule has 0 aliphatic rings. The van der Waals surface area contributed by atoms with Gasteiger partial charge in [-0.1, -0.05) is 46.3 Å². The molecule has 0 saturated heterocycles. The Labute approximate surface area is 213 Å². The summed E-state index contributed by atoms with van der Waals surface area (Å²) in [5, 5.41) is 20.6. The van der Waals surface area contributed by atoms with E-state index in [1.165, 1.54) is 0 Å². The summed E-state index contributed by atoms with van der Waals surface area (Å²) in [6.07, 6.45) is 0.150. The van der Waals surface area contributed by atoms with Gasteiger partial charge in [0.05, 0.1) is 30.4 Å². The number of amides is 2. The van der Waals surface area contributed by atoms with Crippen molar-refractivity contribution >= 4 is 50.0 Å². The number of nitrogens with one attached hydrogen (secondary N) is 4. The minimum Gasteiger partial charge on any atom is -0.496 e. The number of carbonyl (C=O) groups is 2. The number of ether oxygens (including phenoxy) is 1. The van der Waals surface area contributed by atoms with Gasteiger partial charge in [0.15, 0.2) is 0 Å². The Balaban J connectivity index is 1.37. The van der Waals surface area contributed by atoms with Crippen LogP contribution in [0, 0.1) is 0 Å². The van der Waals surface area contributed by atoms with Crippen LogP contribution in [-0.2, 0) is 11.2 Å². The van der Waals surface area contributed by atoms with Crippen LogP contribution in [0.4, 0.5) is 11.4 Å². The largest absolute Gasteiger partial charge is 0.496 e. The highest BCUT2D eigenvalue weighted by atomic mass is 79.9. The molecule has 0 radical (unpaired) electrons.